The Morgan fingerprint density at radius 1 is 1.21 bits per heavy atom. The number of carbonyl (C=O) groups excluding carboxylic acids is 1. The van der Waals surface area contributed by atoms with Crippen molar-refractivity contribution < 1.29 is 13.2 Å². The maximum atomic E-state index is 12.1. The molecule has 0 bridgehead atoms. The first-order chi connectivity index (χ1) is 11.2. The Balaban J connectivity index is 1.97. The van der Waals surface area contributed by atoms with Crippen LogP contribution in [-0.4, -0.2) is 44.3 Å². The molecule has 0 unspecified atom stereocenters. The molecule has 1 N–H and O–H groups in total. The number of aromatic nitrogens is 1. The molecule has 0 saturated carbocycles. The zero-order chi connectivity index (χ0) is 17.9. The number of rotatable bonds is 6. The van der Waals surface area contributed by atoms with E-state index >= 15 is 0 Å². The SMILES string of the molecule is Cc1nc(C)c(CCNC(=O)c2ccc(S(=O)(=O)N(C)C)cc2)s1. The molecule has 1 aromatic carbocycles. The van der Waals surface area contributed by atoms with E-state index in [4.69, 9.17) is 0 Å². The van der Waals surface area contributed by atoms with Gasteiger partial charge in [-0.15, -0.1) is 11.3 Å². The number of thiazole rings is 1. The monoisotopic (exact) mass is 367 g/mol. The lowest BCUT2D eigenvalue weighted by molar-refractivity contribution is 0.0954. The summed E-state index contributed by atoms with van der Waals surface area (Å²) in [4.78, 5) is 17.8. The van der Waals surface area contributed by atoms with E-state index in [9.17, 15) is 13.2 Å². The van der Waals surface area contributed by atoms with Crippen molar-refractivity contribution in [2.45, 2.75) is 25.2 Å². The molecule has 130 valence electrons. The van der Waals surface area contributed by atoms with E-state index in [1.807, 2.05) is 13.8 Å². The smallest absolute Gasteiger partial charge is 0.251 e. The number of nitrogens with zero attached hydrogens (tertiary/aromatic N) is 2. The lowest BCUT2D eigenvalue weighted by Crippen LogP contribution is -2.26. The highest BCUT2D eigenvalue weighted by Gasteiger charge is 2.17. The van der Waals surface area contributed by atoms with Gasteiger partial charge in [0.1, 0.15) is 0 Å². The second-order valence-electron chi connectivity index (χ2n) is 5.56. The Labute approximate surface area is 146 Å². The van der Waals surface area contributed by atoms with Crippen LogP contribution in [0.2, 0.25) is 0 Å². The summed E-state index contributed by atoms with van der Waals surface area (Å²) in [7, 11) is -0.536. The van der Waals surface area contributed by atoms with Crippen LogP contribution < -0.4 is 5.32 Å². The highest BCUT2D eigenvalue weighted by molar-refractivity contribution is 7.89. The van der Waals surface area contributed by atoms with E-state index < -0.39 is 10.0 Å². The Morgan fingerprint density at radius 3 is 2.33 bits per heavy atom. The summed E-state index contributed by atoms with van der Waals surface area (Å²) < 4.78 is 25.1. The van der Waals surface area contributed by atoms with Gasteiger partial charge in [-0.2, -0.15) is 0 Å². The predicted molar refractivity (Wildman–Crippen MR) is 94.9 cm³/mol. The molecular weight excluding hydrogens is 346 g/mol. The van der Waals surface area contributed by atoms with Crippen LogP contribution in [-0.2, 0) is 16.4 Å². The van der Waals surface area contributed by atoms with Gasteiger partial charge in [0.25, 0.3) is 5.91 Å². The fourth-order valence-corrected chi connectivity index (χ4v) is 4.02. The normalized spacial score (nSPS) is 11.7. The first kappa shape index (κ1) is 18.6. The van der Waals surface area contributed by atoms with Gasteiger partial charge in [-0.25, -0.2) is 17.7 Å². The Morgan fingerprint density at radius 2 is 1.83 bits per heavy atom. The molecule has 2 aromatic rings. The summed E-state index contributed by atoms with van der Waals surface area (Å²) in [6, 6.07) is 5.93. The van der Waals surface area contributed by atoms with Crippen LogP contribution in [0.25, 0.3) is 0 Å². The summed E-state index contributed by atoms with van der Waals surface area (Å²) in [5.74, 6) is -0.220. The average molecular weight is 367 g/mol. The van der Waals surface area contributed by atoms with Crippen molar-refractivity contribution >= 4 is 27.3 Å². The molecule has 24 heavy (non-hydrogen) atoms. The number of amides is 1. The van der Waals surface area contributed by atoms with Crippen LogP contribution in [0.4, 0.5) is 0 Å². The fourth-order valence-electron chi connectivity index (χ4n) is 2.19. The highest BCUT2D eigenvalue weighted by Crippen LogP contribution is 2.17. The van der Waals surface area contributed by atoms with Gasteiger partial charge < -0.3 is 5.32 Å². The molecule has 0 aliphatic rings. The van der Waals surface area contributed by atoms with Gasteiger partial charge in [0.05, 0.1) is 15.6 Å². The number of benzene rings is 1. The third-order valence-corrected chi connectivity index (χ3v) is 6.49. The predicted octanol–water partition coefficient (Wildman–Crippen LogP) is 1.98. The minimum Gasteiger partial charge on any atom is -0.352 e. The summed E-state index contributed by atoms with van der Waals surface area (Å²) in [6.45, 7) is 4.44. The van der Waals surface area contributed by atoms with E-state index in [1.165, 1.54) is 43.2 Å². The third-order valence-electron chi connectivity index (χ3n) is 3.53. The van der Waals surface area contributed by atoms with Crippen LogP contribution in [0.1, 0.15) is 25.9 Å². The van der Waals surface area contributed by atoms with Gasteiger partial charge in [0, 0.05) is 37.5 Å². The lowest BCUT2D eigenvalue weighted by Gasteiger charge is -2.11. The van der Waals surface area contributed by atoms with E-state index in [-0.39, 0.29) is 10.8 Å². The number of hydrogen-bond donors (Lipinski definition) is 1. The molecule has 8 heteroatoms. The summed E-state index contributed by atoms with van der Waals surface area (Å²) in [5.41, 5.74) is 1.44. The van der Waals surface area contributed by atoms with Crippen LogP contribution in [0.15, 0.2) is 29.2 Å². The zero-order valence-corrected chi connectivity index (χ0v) is 15.8. The molecule has 0 fully saturated rings. The first-order valence-corrected chi connectivity index (χ1v) is 9.71. The second-order valence-corrected chi connectivity index (χ2v) is 9.00. The molecular formula is C16H21N3O3S2. The van der Waals surface area contributed by atoms with Crippen molar-refractivity contribution in [2.24, 2.45) is 0 Å². The molecule has 0 atom stereocenters. The fraction of sp³-hybridized carbons (Fsp3) is 0.375. The molecule has 0 aliphatic heterocycles. The summed E-state index contributed by atoms with van der Waals surface area (Å²) in [6.07, 6.45) is 0.732. The van der Waals surface area contributed by atoms with Crippen molar-refractivity contribution in [2.75, 3.05) is 20.6 Å². The Bertz CT molecular complexity index is 825. The van der Waals surface area contributed by atoms with Crippen LogP contribution in [0.3, 0.4) is 0 Å². The lowest BCUT2D eigenvalue weighted by atomic mass is 10.2. The molecule has 6 nitrogen and oxygen atoms in total. The van der Waals surface area contributed by atoms with Crippen LogP contribution >= 0.6 is 11.3 Å². The third kappa shape index (κ3) is 4.19. The van der Waals surface area contributed by atoms with Crippen LogP contribution in [0, 0.1) is 13.8 Å². The van der Waals surface area contributed by atoms with E-state index in [0.717, 1.165) is 21.4 Å². The molecule has 1 amide bonds. The molecule has 2 rings (SSSR count). The zero-order valence-electron chi connectivity index (χ0n) is 14.2. The van der Waals surface area contributed by atoms with E-state index in [2.05, 4.69) is 10.3 Å². The van der Waals surface area contributed by atoms with Gasteiger partial charge in [0.2, 0.25) is 10.0 Å². The molecule has 1 aromatic heterocycles. The minimum atomic E-state index is -3.48. The highest BCUT2D eigenvalue weighted by atomic mass is 32.2. The molecule has 1 heterocycles. The first-order valence-electron chi connectivity index (χ1n) is 7.45. The topological polar surface area (TPSA) is 79.4 Å². The summed E-state index contributed by atoms with van der Waals surface area (Å²) in [5, 5.41) is 3.86. The number of hydrogen-bond acceptors (Lipinski definition) is 5. The number of nitrogens with one attached hydrogen (secondary N) is 1. The number of carbonyl (C=O) groups is 1. The largest absolute Gasteiger partial charge is 0.352 e. The van der Waals surface area contributed by atoms with Gasteiger partial charge in [-0.05, 0) is 38.1 Å². The van der Waals surface area contributed by atoms with Crippen molar-refractivity contribution in [1.82, 2.24) is 14.6 Å². The Hall–Kier alpha value is -1.77. The van der Waals surface area contributed by atoms with Crippen molar-refractivity contribution in [3.05, 3.63) is 45.4 Å². The molecule has 0 radical (unpaired) electrons. The van der Waals surface area contributed by atoms with Crippen LogP contribution in [0.5, 0.6) is 0 Å². The average Bonchev–Trinajstić information content (AvgIpc) is 2.85. The van der Waals surface area contributed by atoms with Crippen molar-refractivity contribution in [1.29, 1.82) is 0 Å². The summed E-state index contributed by atoms with van der Waals surface area (Å²) >= 11 is 1.64. The van der Waals surface area contributed by atoms with Gasteiger partial charge in [-0.1, -0.05) is 0 Å². The molecule has 0 spiro atoms. The standard InChI is InChI=1S/C16H21N3O3S2/c1-11-15(23-12(2)18-11)9-10-17-16(20)13-5-7-14(8-6-13)24(21,22)19(3)4/h5-8H,9-10H2,1-4H3,(H,17,20). The molecule has 0 saturated heterocycles. The van der Waals surface area contributed by atoms with Gasteiger partial charge in [0.15, 0.2) is 0 Å². The quantitative estimate of drug-likeness (QED) is 0.847. The van der Waals surface area contributed by atoms with E-state index in [0.29, 0.717) is 12.1 Å². The number of aryl methyl sites for hydroxylation is 2. The second kappa shape index (κ2) is 7.42. The van der Waals surface area contributed by atoms with Gasteiger partial charge >= 0.3 is 0 Å². The maximum absolute atomic E-state index is 12.1. The van der Waals surface area contributed by atoms with Gasteiger partial charge in [-0.3, -0.25) is 4.79 Å². The minimum absolute atomic E-state index is 0.166. The maximum Gasteiger partial charge on any atom is 0.251 e. The Kier molecular flexibility index (Phi) is 5.74. The molecule has 0 aliphatic carbocycles. The van der Waals surface area contributed by atoms with Crippen molar-refractivity contribution in [3.63, 3.8) is 0 Å². The van der Waals surface area contributed by atoms with Crippen molar-refractivity contribution in [3.8, 4) is 0 Å². The van der Waals surface area contributed by atoms with E-state index in [1.54, 1.807) is 11.3 Å². The number of sulfonamides is 1.